The lowest BCUT2D eigenvalue weighted by atomic mass is 10.0. The molecule has 0 aromatic carbocycles. The first-order valence-corrected chi connectivity index (χ1v) is 26.1. The monoisotopic (exact) mass is 913 g/mol. The second-order valence-electron chi connectivity index (χ2n) is 18.4. The molecule has 0 heterocycles. The molecular formula is C56H98NO8+. The van der Waals surface area contributed by atoms with Crippen LogP contribution >= 0.6 is 0 Å². The van der Waals surface area contributed by atoms with Gasteiger partial charge in [0.1, 0.15) is 13.2 Å². The predicted molar refractivity (Wildman–Crippen MR) is 272 cm³/mol. The van der Waals surface area contributed by atoms with E-state index in [1.54, 1.807) is 0 Å². The second-order valence-corrected chi connectivity index (χ2v) is 18.4. The van der Waals surface area contributed by atoms with Gasteiger partial charge in [-0.25, -0.2) is 4.79 Å². The lowest BCUT2D eigenvalue weighted by Gasteiger charge is -2.25. The van der Waals surface area contributed by atoms with Gasteiger partial charge in [-0.2, -0.15) is 0 Å². The maximum atomic E-state index is 12.8. The van der Waals surface area contributed by atoms with Crippen molar-refractivity contribution >= 4 is 17.9 Å². The number of ether oxygens (including phenoxy) is 4. The molecule has 0 amide bonds. The predicted octanol–water partition coefficient (Wildman–Crippen LogP) is 14.7. The molecule has 9 nitrogen and oxygen atoms in total. The van der Waals surface area contributed by atoms with E-state index in [1.165, 1.54) is 96.3 Å². The van der Waals surface area contributed by atoms with Crippen molar-refractivity contribution in [2.24, 2.45) is 0 Å². The molecule has 0 aromatic heterocycles. The summed E-state index contributed by atoms with van der Waals surface area (Å²) in [6, 6.07) is 0. The molecule has 0 spiro atoms. The number of nitrogens with zero attached hydrogens (tertiary/aromatic N) is 1. The standard InChI is InChI=1S/C56H97NO8/c1-6-8-10-12-14-16-18-20-21-22-23-24-25-26-27-28-29-30-31-32-33-35-37-39-41-43-45-47-54(59)65-52(51-64-56(55(60)61)62-49-48-57(3,4)5)50-63-53(58)46-44-42-40-38-36-34-19-17-15-13-11-9-7-2/h9,11,15,17-18,20,22-23,25-26,34,36,52,56H,6-8,10,12-14,16,19,21,24,27-33,35,37-51H2,1-5H3/p+1/b11-9-,17-15-,20-18-,23-22-,26-25-,36-34-. The molecule has 2 atom stereocenters. The summed E-state index contributed by atoms with van der Waals surface area (Å²) in [5, 5.41) is 9.66. The molecule has 0 aliphatic heterocycles. The number of aliphatic carboxylic acids is 1. The number of likely N-dealkylation sites (N-methyl/N-ethyl adjacent to an activating group) is 1. The Morgan fingerprint density at radius 3 is 1.32 bits per heavy atom. The molecule has 374 valence electrons. The van der Waals surface area contributed by atoms with Crippen molar-refractivity contribution in [2.45, 2.75) is 219 Å². The average Bonchev–Trinajstić information content (AvgIpc) is 3.27. The highest BCUT2D eigenvalue weighted by Gasteiger charge is 2.25. The molecule has 65 heavy (non-hydrogen) atoms. The topological polar surface area (TPSA) is 108 Å². The van der Waals surface area contributed by atoms with E-state index in [0.29, 0.717) is 23.9 Å². The number of hydrogen-bond donors (Lipinski definition) is 1. The van der Waals surface area contributed by atoms with Crippen molar-refractivity contribution in [2.75, 3.05) is 47.5 Å². The minimum Gasteiger partial charge on any atom is -0.477 e. The summed E-state index contributed by atoms with van der Waals surface area (Å²) in [4.78, 5) is 37.2. The highest BCUT2D eigenvalue weighted by molar-refractivity contribution is 5.71. The van der Waals surface area contributed by atoms with Crippen LogP contribution in [0, 0.1) is 0 Å². The van der Waals surface area contributed by atoms with Crippen LogP contribution in [0.3, 0.4) is 0 Å². The fraction of sp³-hybridized carbons (Fsp3) is 0.732. The maximum Gasteiger partial charge on any atom is 0.361 e. The molecule has 0 rings (SSSR count). The van der Waals surface area contributed by atoms with Gasteiger partial charge in [0.15, 0.2) is 6.10 Å². The van der Waals surface area contributed by atoms with Gasteiger partial charge in [-0.3, -0.25) is 9.59 Å². The molecule has 0 saturated heterocycles. The lowest BCUT2D eigenvalue weighted by molar-refractivity contribution is -0.870. The average molecular weight is 913 g/mol. The van der Waals surface area contributed by atoms with Crippen molar-refractivity contribution in [3.8, 4) is 0 Å². The third kappa shape index (κ3) is 48.5. The number of carboxylic acid groups (broad SMARTS) is 1. The Morgan fingerprint density at radius 1 is 0.477 bits per heavy atom. The van der Waals surface area contributed by atoms with Gasteiger partial charge in [0, 0.05) is 12.8 Å². The number of esters is 2. The number of unbranched alkanes of at least 4 members (excludes halogenated alkanes) is 20. The van der Waals surface area contributed by atoms with E-state index in [9.17, 15) is 19.5 Å². The van der Waals surface area contributed by atoms with Crippen LogP contribution in [0.4, 0.5) is 0 Å². The Morgan fingerprint density at radius 2 is 0.877 bits per heavy atom. The zero-order chi connectivity index (χ0) is 47.7. The van der Waals surface area contributed by atoms with Crippen LogP contribution in [0.1, 0.15) is 206 Å². The van der Waals surface area contributed by atoms with E-state index in [4.69, 9.17) is 18.9 Å². The zero-order valence-corrected chi connectivity index (χ0v) is 42.4. The molecule has 0 fully saturated rings. The lowest BCUT2D eigenvalue weighted by Crippen LogP contribution is -2.40. The highest BCUT2D eigenvalue weighted by atomic mass is 16.7. The van der Waals surface area contributed by atoms with Gasteiger partial charge in [-0.1, -0.05) is 183 Å². The minimum absolute atomic E-state index is 0.179. The summed E-state index contributed by atoms with van der Waals surface area (Å²) < 4.78 is 22.8. The molecule has 1 N–H and O–H groups in total. The van der Waals surface area contributed by atoms with E-state index < -0.39 is 24.3 Å². The zero-order valence-electron chi connectivity index (χ0n) is 42.4. The summed E-state index contributed by atoms with van der Waals surface area (Å²) in [6.45, 7) is 4.70. The number of hydrogen-bond acceptors (Lipinski definition) is 7. The van der Waals surface area contributed by atoms with Crippen molar-refractivity contribution in [1.29, 1.82) is 0 Å². The smallest absolute Gasteiger partial charge is 0.361 e. The summed E-state index contributed by atoms with van der Waals surface area (Å²) in [7, 11) is 5.95. The highest BCUT2D eigenvalue weighted by Crippen LogP contribution is 2.15. The van der Waals surface area contributed by atoms with Gasteiger partial charge < -0.3 is 28.5 Å². The molecule has 9 heteroatoms. The van der Waals surface area contributed by atoms with E-state index in [-0.39, 0.29) is 38.6 Å². The van der Waals surface area contributed by atoms with E-state index in [0.717, 1.165) is 70.6 Å². The maximum absolute atomic E-state index is 12.8. The molecule has 0 aromatic rings. The molecule has 0 saturated carbocycles. The van der Waals surface area contributed by atoms with Gasteiger partial charge in [0.05, 0.1) is 34.4 Å². The summed E-state index contributed by atoms with van der Waals surface area (Å²) in [5.74, 6) is -2.05. The molecule has 0 bridgehead atoms. The third-order valence-corrected chi connectivity index (χ3v) is 10.9. The largest absolute Gasteiger partial charge is 0.477 e. The number of carbonyl (C=O) groups excluding carboxylic acids is 2. The fourth-order valence-electron chi connectivity index (χ4n) is 6.92. The van der Waals surface area contributed by atoms with Crippen LogP contribution in [0.25, 0.3) is 0 Å². The van der Waals surface area contributed by atoms with Crippen LogP contribution in [0.15, 0.2) is 72.9 Å². The SMILES string of the molecule is CC/C=C\C/C=C\C/C=C\CCCCCC(=O)OCC(COC(OCC[N+](C)(C)C)C(=O)O)OC(=O)CCCCCCCCCCCCCC/C=C\C/C=C\C/C=C\CCCCCCC. The number of allylic oxidation sites excluding steroid dienone is 12. The van der Waals surface area contributed by atoms with Crippen LogP contribution < -0.4 is 0 Å². The number of carbonyl (C=O) groups is 3. The molecule has 0 aliphatic rings. The van der Waals surface area contributed by atoms with Crippen molar-refractivity contribution < 1.29 is 42.9 Å². The quantitative estimate of drug-likeness (QED) is 0.0211. The summed E-state index contributed by atoms with van der Waals surface area (Å²) in [5.41, 5.74) is 0. The van der Waals surface area contributed by atoms with Crippen LogP contribution in [-0.2, 0) is 33.3 Å². The van der Waals surface area contributed by atoms with E-state index in [1.807, 2.05) is 21.1 Å². The Hall–Kier alpha value is -3.27. The molecule has 0 radical (unpaired) electrons. The van der Waals surface area contributed by atoms with Gasteiger partial charge in [-0.05, 0) is 83.5 Å². The van der Waals surface area contributed by atoms with Gasteiger partial charge in [-0.15, -0.1) is 0 Å². The first kappa shape index (κ1) is 61.7. The fourth-order valence-corrected chi connectivity index (χ4v) is 6.92. The van der Waals surface area contributed by atoms with Gasteiger partial charge in [0.25, 0.3) is 6.29 Å². The first-order valence-electron chi connectivity index (χ1n) is 26.1. The first-order chi connectivity index (χ1) is 31.6. The van der Waals surface area contributed by atoms with Crippen LogP contribution in [0.2, 0.25) is 0 Å². The Bertz CT molecular complexity index is 1290. The number of quaternary nitrogens is 1. The number of carboxylic acids is 1. The summed E-state index contributed by atoms with van der Waals surface area (Å²) in [6.07, 6.45) is 56.9. The van der Waals surface area contributed by atoms with Crippen molar-refractivity contribution in [1.82, 2.24) is 0 Å². The third-order valence-electron chi connectivity index (χ3n) is 10.9. The van der Waals surface area contributed by atoms with Gasteiger partial charge in [0.2, 0.25) is 0 Å². The molecule has 0 aliphatic carbocycles. The molecular weight excluding hydrogens is 815 g/mol. The van der Waals surface area contributed by atoms with Crippen molar-refractivity contribution in [3.05, 3.63) is 72.9 Å². The normalized spacial score (nSPS) is 13.4. The number of rotatable bonds is 47. The van der Waals surface area contributed by atoms with Crippen LogP contribution in [-0.4, -0.2) is 87.4 Å². The second kappa shape index (κ2) is 47.2. The Labute approximate surface area is 398 Å². The molecule has 2 unspecified atom stereocenters. The Balaban J connectivity index is 4.27. The summed E-state index contributed by atoms with van der Waals surface area (Å²) >= 11 is 0. The van der Waals surface area contributed by atoms with Gasteiger partial charge >= 0.3 is 17.9 Å². The van der Waals surface area contributed by atoms with E-state index >= 15 is 0 Å². The van der Waals surface area contributed by atoms with E-state index in [2.05, 4.69) is 86.8 Å². The van der Waals surface area contributed by atoms with Crippen molar-refractivity contribution in [3.63, 3.8) is 0 Å². The van der Waals surface area contributed by atoms with Crippen LogP contribution in [0.5, 0.6) is 0 Å². The Kier molecular flexibility index (Phi) is 44.9. The minimum atomic E-state index is -1.52.